The molecule has 0 bridgehead atoms. The highest BCUT2D eigenvalue weighted by Crippen LogP contribution is 2.24. The molecule has 3 aromatic rings. The van der Waals surface area contributed by atoms with Gasteiger partial charge in [-0.1, -0.05) is 23.9 Å². The Bertz CT molecular complexity index is 1080. The van der Waals surface area contributed by atoms with Gasteiger partial charge in [-0.15, -0.1) is 11.3 Å². The largest absolute Gasteiger partial charge is 0.290 e. The summed E-state index contributed by atoms with van der Waals surface area (Å²) in [6.07, 6.45) is 0. The van der Waals surface area contributed by atoms with E-state index in [-0.39, 0.29) is 10.5 Å². The summed E-state index contributed by atoms with van der Waals surface area (Å²) in [5.41, 5.74) is 1.48. The number of hydrogen-bond donors (Lipinski definition) is 0. The van der Waals surface area contributed by atoms with Crippen LogP contribution >= 0.6 is 23.1 Å². The zero-order chi connectivity index (χ0) is 18.2. The first-order valence-corrected chi connectivity index (χ1v) is 10.7. The number of thiophene rings is 1. The van der Waals surface area contributed by atoms with Crippen molar-refractivity contribution in [3.05, 3.63) is 51.6 Å². The van der Waals surface area contributed by atoms with Crippen molar-refractivity contribution < 1.29 is 8.42 Å². The molecule has 0 spiro atoms. The summed E-state index contributed by atoms with van der Waals surface area (Å²) in [5.74, 6) is 0.521. The molecule has 9 heteroatoms. The van der Waals surface area contributed by atoms with E-state index in [1.54, 1.807) is 25.2 Å². The lowest BCUT2D eigenvalue weighted by atomic mass is 10.2. The van der Waals surface area contributed by atoms with E-state index in [2.05, 4.69) is 4.98 Å². The molecule has 0 atom stereocenters. The number of nitrogens with zero attached hydrogens (tertiary/aromatic N) is 3. The van der Waals surface area contributed by atoms with E-state index in [1.165, 1.54) is 46.1 Å². The monoisotopic (exact) mass is 395 g/mol. The molecule has 2 aromatic heterocycles. The topological polar surface area (TPSA) is 72.3 Å². The minimum atomic E-state index is -3.46. The van der Waals surface area contributed by atoms with Crippen LogP contribution in [0.2, 0.25) is 0 Å². The summed E-state index contributed by atoms with van der Waals surface area (Å²) in [6, 6.07) is 8.65. The van der Waals surface area contributed by atoms with Crippen LogP contribution in [0.4, 0.5) is 0 Å². The minimum Gasteiger partial charge on any atom is -0.290 e. The number of aromatic nitrogens is 2. The molecule has 6 nitrogen and oxygen atoms in total. The lowest BCUT2D eigenvalue weighted by Crippen LogP contribution is -2.22. The number of thioether (sulfide) groups is 1. The van der Waals surface area contributed by atoms with E-state index >= 15 is 0 Å². The molecule has 2 heterocycles. The van der Waals surface area contributed by atoms with Crippen molar-refractivity contribution >= 4 is 43.3 Å². The Morgan fingerprint density at radius 3 is 2.76 bits per heavy atom. The van der Waals surface area contributed by atoms with Gasteiger partial charge in [-0.3, -0.25) is 9.36 Å². The molecule has 0 radical (unpaired) electrons. The van der Waals surface area contributed by atoms with Crippen molar-refractivity contribution in [2.75, 3.05) is 14.1 Å². The second-order valence-electron chi connectivity index (χ2n) is 5.62. The first-order valence-electron chi connectivity index (χ1n) is 7.39. The zero-order valence-electron chi connectivity index (χ0n) is 14.0. The molecular formula is C16H17N3O3S3. The van der Waals surface area contributed by atoms with Crippen molar-refractivity contribution in [1.82, 2.24) is 13.9 Å². The third-order valence-corrected chi connectivity index (χ3v) is 7.50. The van der Waals surface area contributed by atoms with Gasteiger partial charge in [-0.05, 0) is 29.1 Å². The van der Waals surface area contributed by atoms with E-state index in [0.29, 0.717) is 21.1 Å². The summed E-state index contributed by atoms with van der Waals surface area (Å²) < 4.78 is 27.8. The Balaban J connectivity index is 1.88. The third kappa shape index (κ3) is 3.50. The molecule has 0 aliphatic heterocycles. The molecule has 0 fully saturated rings. The van der Waals surface area contributed by atoms with Crippen LogP contribution in [0, 0.1) is 0 Å². The van der Waals surface area contributed by atoms with Gasteiger partial charge in [0, 0.05) is 26.9 Å². The van der Waals surface area contributed by atoms with Crippen LogP contribution in [-0.4, -0.2) is 36.4 Å². The molecule has 0 amide bonds. The van der Waals surface area contributed by atoms with Crippen LogP contribution in [0.3, 0.4) is 0 Å². The zero-order valence-corrected chi connectivity index (χ0v) is 16.4. The standard InChI is InChI=1S/C16H17N3O3S3/c1-18(2)25(21,22)12-6-4-5-11(9-12)10-24-16-17-13-7-8-23-14(13)15(20)19(16)3/h4-9H,10H2,1-3H3. The average molecular weight is 396 g/mol. The fourth-order valence-corrected chi connectivity index (χ4v) is 4.94. The number of hydrogen-bond acceptors (Lipinski definition) is 6. The molecule has 25 heavy (non-hydrogen) atoms. The maximum absolute atomic E-state index is 12.3. The Kier molecular flexibility index (Phi) is 5.01. The van der Waals surface area contributed by atoms with Crippen LogP contribution in [0.25, 0.3) is 10.2 Å². The normalized spacial score (nSPS) is 12.2. The van der Waals surface area contributed by atoms with Crippen LogP contribution in [0.1, 0.15) is 5.56 Å². The van der Waals surface area contributed by atoms with E-state index < -0.39 is 10.0 Å². The minimum absolute atomic E-state index is 0.0635. The van der Waals surface area contributed by atoms with Gasteiger partial charge < -0.3 is 0 Å². The molecular weight excluding hydrogens is 378 g/mol. The maximum atomic E-state index is 12.3. The second kappa shape index (κ2) is 6.91. The third-order valence-electron chi connectivity index (χ3n) is 3.69. The molecule has 3 rings (SSSR count). The summed E-state index contributed by atoms with van der Waals surface area (Å²) in [6.45, 7) is 0. The lowest BCUT2D eigenvalue weighted by Gasteiger charge is -2.12. The molecule has 0 N–H and O–H groups in total. The Morgan fingerprint density at radius 2 is 2.04 bits per heavy atom. The molecule has 0 aliphatic rings. The van der Waals surface area contributed by atoms with Gasteiger partial charge >= 0.3 is 0 Å². The Labute approximate surface area is 154 Å². The van der Waals surface area contributed by atoms with Crippen LogP contribution in [-0.2, 0) is 22.8 Å². The average Bonchev–Trinajstić information content (AvgIpc) is 3.05. The molecule has 0 unspecified atom stereocenters. The van der Waals surface area contributed by atoms with Gasteiger partial charge in [-0.25, -0.2) is 17.7 Å². The number of benzene rings is 1. The predicted molar refractivity (Wildman–Crippen MR) is 102 cm³/mol. The maximum Gasteiger partial charge on any atom is 0.271 e. The molecule has 132 valence electrons. The van der Waals surface area contributed by atoms with Crippen molar-refractivity contribution in [3.8, 4) is 0 Å². The summed E-state index contributed by atoms with van der Waals surface area (Å²) >= 11 is 2.79. The number of fused-ring (bicyclic) bond motifs is 1. The van der Waals surface area contributed by atoms with Gasteiger partial charge in [0.25, 0.3) is 5.56 Å². The van der Waals surface area contributed by atoms with E-state index in [0.717, 1.165) is 5.56 Å². The Morgan fingerprint density at radius 1 is 1.28 bits per heavy atom. The Hall–Kier alpha value is -1.68. The highest BCUT2D eigenvalue weighted by molar-refractivity contribution is 7.98. The van der Waals surface area contributed by atoms with Crippen molar-refractivity contribution in [1.29, 1.82) is 0 Å². The lowest BCUT2D eigenvalue weighted by molar-refractivity contribution is 0.520. The summed E-state index contributed by atoms with van der Waals surface area (Å²) in [5, 5.41) is 2.46. The SMILES string of the molecule is CN(C)S(=O)(=O)c1cccc(CSc2nc3ccsc3c(=O)n2C)c1. The highest BCUT2D eigenvalue weighted by atomic mass is 32.2. The fourth-order valence-electron chi connectivity index (χ4n) is 2.25. The van der Waals surface area contributed by atoms with Gasteiger partial charge in [0.05, 0.1) is 10.4 Å². The van der Waals surface area contributed by atoms with Crippen molar-refractivity contribution in [3.63, 3.8) is 0 Å². The first kappa shape index (κ1) is 18.1. The summed E-state index contributed by atoms with van der Waals surface area (Å²) in [7, 11) is 1.25. The van der Waals surface area contributed by atoms with Gasteiger partial charge in [-0.2, -0.15) is 0 Å². The molecule has 0 aliphatic carbocycles. The smallest absolute Gasteiger partial charge is 0.271 e. The van der Waals surface area contributed by atoms with Gasteiger partial charge in [0.2, 0.25) is 10.0 Å². The fraction of sp³-hybridized carbons (Fsp3) is 0.250. The van der Waals surface area contributed by atoms with Crippen molar-refractivity contribution in [2.45, 2.75) is 15.8 Å². The molecule has 1 aromatic carbocycles. The first-order chi connectivity index (χ1) is 11.8. The predicted octanol–water partition coefficient (Wildman–Crippen LogP) is 2.54. The molecule has 0 saturated heterocycles. The van der Waals surface area contributed by atoms with E-state index in [1.807, 2.05) is 17.5 Å². The van der Waals surface area contributed by atoms with E-state index in [9.17, 15) is 13.2 Å². The molecule has 0 saturated carbocycles. The quantitative estimate of drug-likeness (QED) is 0.490. The second-order valence-corrected chi connectivity index (χ2v) is 9.63. The van der Waals surface area contributed by atoms with Gasteiger partial charge in [0.1, 0.15) is 4.70 Å². The number of sulfonamides is 1. The van der Waals surface area contributed by atoms with Gasteiger partial charge in [0.15, 0.2) is 5.16 Å². The van der Waals surface area contributed by atoms with Crippen LogP contribution < -0.4 is 5.56 Å². The van der Waals surface area contributed by atoms with Crippen molar-refractivity contribution in [2.24, 2.45) is 7.05 Å². The van der Waals surface area contributed by atoms with Crippen LogP contribution in [0.5, 0.6) is 0 Å². The van der Waals surface area contributed by atoms with Crippen LogP contribution in [0.15, 0.2) is 50.6 Å². The number of rotatable bonds is 5. The van der Waals surface area contributed by atoms with E-state index in [4.69, 9.17) is 0 Å². The highest BCUT2D eigenvalue weighted by Gasteiger charge is 2.17. The summed E-state index contributed by atoms with van der Waals surface area (Å²) in [4.78, 5) is 17.1.